The van der Waals surface area contributed by atoms with Gasteiger partial charge >= 0.3 is 0 Å². The van der Waals surface area contributed by atoms with Gasteiger partial charge in [-0.2, -0.15) is 0 Å². The second-order valence-electron chi connectivity index (χ2n) is 5.82. The molecule has 0 heterocycles. The summed E-state index contributed by atoms with van der Waals surface area (Å²) in [6, 6.07) is 4.20. The summed E-state index contributed by atoms with van der Waals surface area (Å²) in [5.41, 5.74) is 6.98. The number of nitrogens with one attached hydrogen (secondary N) is 1. The van der Waals surface area contributed by atoms with Crippen molar-refractivity contribution in [2.45, 2.75) is 51.5 Å². The molecule has 1 aromatic rings. The summed E-state index contributed by atoms with van der Waals surface area (Å²) >= 11 is 0. The van der Waals surface area contributed by atoms with Crippen LogP contribution in [0.15, 0.2) is 18.2 Å². The van der Waals surface area contributed by atoms with E-state index in [-0.39, 0.29) is 11.6 Å². The Balaban J connectivity index is 1.89. The van der Waals surface area contributed by atoms with Crippen LogP contribution < -0.4 is 11.1 Å². The van der Waals surface area contributed by atoms with Crippen molar-refractivity contribution in [1.82, 2.24) is 0 Å². The molecule has 0 aromatic heterocycles. The maximum Gasteiger partial charge on any atom is 0.241 e. The lowest BCUT2D eigenvalue weighted by atomic mass is 9.85. The fourth-order valence-electron chi connectivity index (χ4n) is 2.84. The standard InChI is InChI=1S/C16H23FN2O/c1-11-7-8-15(13(17)9-11)19-16(20)14(18)10-12-5-3-2-4-6-12/h7-9,12,14H,2-6,10,18H2,1H3,(H,19,20). The van der Waals surface area contributed by atoms with Crippen molar-refractivity contribution in [3.05, 3.63) is 29.6 Å². The molecule has 110 valence electrons. The SMILES string of the molecule is Cc1ccc(NC(=O)C(N)CC2CCCCC2)c(F)c1. The van der Waals surface area contributed by atoms with Crippen molar-refractivity contribution in [2.24, 2.45) is 11.7 Å². The normalized spacial score (nSPS) is 17.8. The maximum atomic E-state index is 13.7. The Kier molecular flexibility index (Phi) is 5.12. The second kappa shape index (κ2) is 6.84. The van der Waals surface area contributed by atoms with E-state index in [1.165, 1.54) is 25.3 Å². The third-order valence-corrected chi connectivity index (χ3v) is 4.03. The van der Waals surface area contributed by atoms with Gasteiger partial charge in [-0.15, -0.1) is 0 Å². The van der Waals surface area contributed by atoms with Crippen LogP contribution in [0.2, 0.25) is 0 Å². The fraction of sp³-hybridized carbons (Fsp3) is 0.562. The van der Waals surface area contributed by atoms with Crippen molar-refractivity contribution in [2.75, 3.05) is 5.32 Å². The Morgan fingerprint density at radius 1 is 1.40 bits per heavy atom. The molecule has 0 radical (unpaired) electrons. The summed E-state index contributed by atoms with van der Waals surface area (Å²) in [5, 5.41) is 2.59. The lowest BCUT2D eigenvalue weighted by Gasteiger charge is -2.24. The van der Waals surface area contributed by atoms with E-state index in [9.17, 15) is 9.18 Å². The first-order valence-corrected chi connectivity index (χ1v) is 7.39. The van der Waals surface area contributed by atoms with Gasteiger partial charge in [0.05, 0.1) is 11.7 Å². The molecule has 3 N–H and O–H groups in total. The van der Waals surface area contributed by atoms with Crippen LogP contribution in [0, 0.1) is 18.7 Å². The van der Waals surface area contributed by atoms with Crippen LogP contribution in [0.4, 0.5) is 10.1 Å². The zero-order valence-electron chi connectivity index (χ0n) is 12.0. The molecule has 0 spiro atoms. The average molecular weight is 278 g/mol. The molecular weight excluding hydrogens is 255 g/mol. The maximum absolute atomic E-state index is 13.7. The van der Waals surface area contributed by atoms with E-state index in [1.807, 2.05) is 6.92 Å². The highest BCUT2D eigenvalue weighted by Gasteiger charge is 2.21. The number of carbonyl (C=O) groups is 1. The van der Waals surface area contributed by atoms with E-state index in [0.717, 1.165) is 18.4 Å². The second-order valence-corrected chi connectivity index (χ2v) is 5.82. The molecule has 1 aromatic carbocycles. The number of hydrogen-bond acceptors (Lipinski definition) is 2. The fourth-order valence-corrected chi connectivity index (χ4v) is 2.84. The van der Waals surface area contributed by atoms with Crippen molar-refractivity contribution < 1.29 is 9.18 Å². The first-order valence-electron chi connectivity index (χ1n) is 7.39. The molecule has 1 fully saturated rings. The highest BCUT2D eigenvalue weighted by atomic mass is 19.1. The van der Waals surface area contributed by atoms with E-state index < -0.39 is 11.9 Å². The first-order chi connectivity index (χ1) is 9.56. The van der Waals surface area contributed by atoms with Gasteiger partial charge in [0.25, 0.3) is 0 Å². The average Bonchev–Trinajstić information content (AvgIpc) is 2.43. The number of nitrogens with two attached hydrogens (primary N) is 1. The van der Waals surface area contributed by atoms with Crippen molar-refractivity contribution >= 4 is 11.6 Å². The Labute approximate surface area is 119 Å². The van der Waals surface area contributed by atoms with Gasteiger partial charge in [0, 0.05) is 0 Å². The molecule has 0 saturated heterocycles. The number of benzene rings is 1. The third-order valence-electron chi connectivity index (χ3n) is 4.03. The van der Waals surface area contributed by atoms with Crippen LogP contribution in [-0.2, 0) is 4.79 Å². The highest BCUT2D eigenvalue weighted by Crippen LogP contribution is 2.27. The Morgan fingerprint density at radius 2 is 2.10 bits per heavy atom. The molecular formula is C16H23FN2O. The summed E-state index contributed by atoms with van der Waals surface area (Å²) in [6.45, 7) is 1.81. The summed E-state index contributed by atoms with van der Waals surface area (Å²) in [4.78, 5) is 12.0. The lowest BCUT2D eigenvalue weighted by molar-refractivity contribution is -0.117. The van der Waals surface area contributed by atoms with E-state index in [2.05, 4.69) is 5.32 Å². The van der Waals surface area contributed by atoms with Gasteiger partial charge in [0.1, 0.15) is 5.82 Å². The number of aryl methyl sites for hydroxylation is 1. The number of rotatable bonds is 4. The lowest BCUT2D eigenvalue weighted by Crippen LogP contribution is -2.37. The zero-order chi connectivity index (χ0) is 14.5. The van der Waals surface area contributed by atoms with Crippen molar-refractivity contribution in [3.63, 3.8) is 0 Å². The molecule has 1 amide bonds. The molecule has 4 heteroatoms. The number of carbonyl (C=O) groups excluding carboxylic acids is 1. The summed E-state index contributed by atoms with van der Waals surface area (Å²) in [6.07, 6.45) is 6.74. The van der Waals surface area contributed by atoms with E-state index in [0.29, 0.717) is 12.3 Å². The minimum atomic E-state index is -0.557. The van der Waals surface area contributed by atoms with Crippen molar-refractivity contribution in [3.8, 4) is 0 Å². The molecule has 0 bridgehead atoms. The Morgan fingerprint density at radius 3 is 2.75 bits per heavy atom. The highest BCUT2D eigenvalue weighted by molar-refractivity contribution is 5.94. The van der Waals surface area contributed by atoms with Gasteiger partial charge in [-0.25, -0.2) is 4.39 Å². The van der Waals surface area contributed by atoms with E-state index >= 15 is 0 Å². The molecule has 0 aliphatic heterocycles. The molecule has 2 rings (SSSR count). The third kappa shape index (κ3) is 4.04. The van der Waals surface area contributed by atoms with Gasteiger partial charge < -0.3 is 11.1 Å². The number of anilines is 1. The molecule has 1 aliphatic rings. The zero-order valence-corrected chi connectivity index (χ0v) is 12.0. The minimum absolute atomic E-state index is 0.208. The van der Waals surface area contributed by atoms with Gasteiger partial charge in [0.15, 0.2) is 0 Å². The van der Waals surface area contributed by atoms with E-state index in [4.69, 9.17) is 5.73 Å². The Bertz CT molecular complexity index is 470. The molecule has 3 nitrogen and oxygen atoms in total. The van der Waals surface area contributed by atoms with Crippen LogP contribution in [0.5, 0.6) is 0 Å². The summed E-state index contributed by atoms with van der Waals surface area (Å²) < 4.78 is 13.7. The number of amides is 1. The molecule has 20 heavy (non-hydrogen) atoms. The largest absolute Gasteiger partial charge is 0.322 e. The molecule has 1 saturated carbocycles. The topological polar surface area (TPSA) is 55.1 Å². The predicted molar refractivity (Wildman–Crippen MR) is 78.9 cm³/mol. The number of hydrogen-bond donors (Lipinski definition) is 2. The number of halogens is 1. The van der Waals surface area contributed by atoms with Crippen LogP contribution in [0.25, 0.3) is 0 Å². The van der Waals surface area contributed by atoms with Crippen LogP contribution in [0.3, 0.4) is 0 Å². The monoisotopic (exact) mass is 278 g/mol. The van der Waals surface area contributed by atoms with E-state index in [1.54, 1.807) is 12.1 Å². The quantitative estimate of drug-likeness (QED) is 0.887. The predicted octanol–water partition coefficient (Wildman–Crippen LogP) is 3.37. The molecule has 1 unspecified atom stereocenters. The molecule has 1 atom stereocenters. The minimum Gasteiger partial charge on any atom is -0.322 e. The van der Waals surface area contributed by atoms with Gasteiger partial charge in [-0.3, -0.25) is 4.79 Å². The van der Waals surface area contributed by atoms with Crippen LogP contribution >= 0.6 is 0 Å². The summed E-state index contributed by atoms with van der Waals surface area (Å²) in [5.74, 6) is -0.172. The van der Waals surface area contributed by atoms with Gasteiger partial charge in [-0.1, -0.05) is 38.2 Å². The van der Waals surface area contributed by atoms with Crippen LogP contribution in [-0.4, -0.2) is 11.9 Å². The summed E-state index contributed by atoms with van der Waals surface area (Å²) in [7, 11) is 0. The molecule has 1 aliphatic carbocycles. The van der Waals surface area contributed by atoms with Crippen molar-refractivity contribution in [1.29, 1.82) is 0 Å². The Hall–Kier alpha value is -1.42. The first kappa shape index (κ1) is 15.0. The van der Waals surface area contributed by atoms with Gasteiger partial charge in [-0.05, 0) is 37.0 Å². The van der Waals surface area contributed by atoms with Crippen LogP contribution in [0.1, 0.15) is 44.1 Å². The smallest absolute Gasteiger partial charge is 0.241 e. The van der Waals surface area contributed by atoms with Gasteiger partial charge in [0.2, 0.25) is 5.91 Å².